The molecule has 1 aliphatic rings. The van der Waals surface area contributed by atoms with Gasteiger partial charge >= 0.3 is 5.97 Å². The van der Waals surface area contributed by atoms with Crippen molar-refractivity contribution in [3.63, 3.8) is 0 Å². The summed E-state index contributed by atoms with van der Waals surface area (Å²) in [4.78, 5) is 23.4. The van der Waals surface area contributed by atoms with Crippen LogP contribution in [0.25, 0.3) is 0 Å². The number of halogens is 1. The van der Waals surface area contributed by atoms with Gasteiger partial charge in [-0.25, -0.2) is 4.79 Å². The highest BCUT2D eigenvalue weighted by Gasteiger charge is 2.44. The lowest BCUT2D eigenvalue weighted by Gasteiger charge is -2.17. The predicted molar refractivity (Wildman–Crippen MR) is 83.8 cm³/mol. The molecule has 1 unspecified atom stereocenters. The van der Waals surface area contributed by atoms with Crippen LogP contribution >= 0.6 is 15.9 Å². The molecule has 2 rings (SSSR count). The monoisotopic (exact) mass is 354 g/mol. The zero-order valence-electron chi connectivity index (χ0n) is 12.7. The van der Waals surface area contributed by atoms with Crippen molar-refractivity contribution in [2.24, 2.45) is 0 Å². The predicted octanol–water partition coefficient (Wildman–Crippen LogP) is 3.36. The fourth-order valence-corrected chi connectivity index (χ4v) is 3.42. The smallest absolute Gasteiger partial charge is 0.341 e. The van der Waals surface area contributed by atoms with Crippen LogP contribution < -0.4 is 4.74 Å². The first kappa shape index (κ1) is 16.0. The Morgan fingerprint density at radius 3 is 2.43 bits per heavy atom. The first-order chi connectivity index (χ1) is 9.73. The normalized spacial score (nSPS) is 20.5. The number of hydrogen-bond acceptors (Lipinski definition) is 3. The van der Waals surface area contributed by atoms with Gasteiger partial charge in [0.05, 0.1) is 4.32 Å². The third-order valence-electron chi connectivity index (χ3n) is 4.36. The molecule has 21 heavy (non-hydrogen) atoms. The van der Waals surface area contributed by atoms with Gasteiger partial charge in [-0.15, -0.1) is 0 Å². The van der Waals surface area contributed by atoms with E-state index in [2.05, 4.69) is 15.9 Å². The van der Waals surface area contributed by atoms with Gasteiger partial charge < -0.3 is 9.84 Å². The Morgan fingerprint density at radius 2 is 1.90 bits per heavy atom. The maximum absolute atomic E-state index is 12.7. The lowest BCUT2D eigenvalue weighted by atomic mass is 9.93. The Bertz CT molecular complexity index is 636. The van der Waals surface area contributed by atoms with Crippen LogP contribution in [0.4, 0.5) is 0 Å². The molecule has 1 aromatic rings. The van der Waals surface area contributed by atoms with E-state index in [9.17, 15) is 9.59 Å². The SMILES string of the molecule is CCC1(Br)Cc2c(C)c(OCC(=O)O)c(C)c(C)c2C1=O. The molecule has 114 valence electrons. The summed E-state index contributed by atoms with van der Waals surface area (Å²) in [7, 11) is 0. The van der Waals surface area contributed by atoms with Gasteiger partial charge in [-0.3, -0.25) is 4.79 Å². The first-order valence-electron chi connectivity index (χ1n) is 6.93. The Hall–Kier alpha value is -1.36. The Morgan fingerprint density at radius 1 is 1.29 bits per heavy atom. The second-order valence-electron chi connectivity index (χ2n) is 5.56. The van der Waals surface area contributed by atoms with Crippen molar-refractivity contribution in [2.75, 3.05) is 6.61 Å². The molecule has 0 bridgehead atoms. The van der Waals surface area contributed by atoms with E-state index in [4.69, 9.17) is 9.84 Å². The van der Waals surface area contributed by atoms with Crippen molar-refractivity contribution in [3.05, 3.63) is 27.8 Å². The Labute approximate surface area is 132 Å². The van der Waals surface area contributed by atoms with E-state index < -0.39 is 10.3 Å². The van der Waals surface area contributed by atoms with Crippen molar-refractivity contribution in [1.82, 2.24) is 0 Å². The summed E-state index contributed by atoms with van der Waals surface area (Å²) in [5.41, 5.74) is 4.34. The summed E-state index contributed by atoms with van der Waals surface area (Å²) in [6.07, 6.45) is 1.33. The number of carboxylic acid groups (broad SMARTS) is 1. The van der Waals surface area contributed by atoms with E-state index in [1.165, 1.54) is 0 Å². The van der Waals surface area contributed by atoms with Crippen LogP contribution in [0.3, 0.4) is 0 Å². The van der Waals surface area contributed by atoms with E-state index >= 15 is 0 Å². The van der Waals surface area contributed by atoms with Gasteiger partial charge in [0.1, 0.15) is 5.75 Å². The van der Waals surface area contributed by atoms with Crippen LogP contribution in [0.1, 0.15) is 46.0 Å². The Balaban J connectivity index is 2.58. The number of fused-ring (bicyclic) bond motifs is 1. The van der Waals surface area contributed by atoms with Crippen molar-refractivity contribution >= 4 is 27.7 Å². The summed E-state index contributed by atoms with van der Waals surface area (Å²) < 4.78 is 4.91. The zero-order valence-corrected chi connectivity index (χ0v) is 14.3. The van der Waals surface area contributed by atoms with Gasteiger partial charge in [0.2, 0.25) is 0 Å². The number of benzene rings is 1. The number of alkyl halides is 1. The van der Waals surface area contributed by atoms with Gasteiger partial charge in [-0.05, 0) is 55.9 Å². The highest BCUT2D eigenvalue weighted by molar-refractivity contribution is 9.10. The fraction of sp³-hybridized carbons (Fsp3) is 0.500. The molecule has 5 heteroatoms. The van der Waals surface area contributed by atoms with Crippen LogP contribution in [-0.4, -0.2) is 27.8 Å². The molecule has 0 heterocycles. The highest BCUT2D eigenvalue weighted by Crippen LogP contribution is 2.45. The lowest BCUT2D eigenvalue weighted by molar-refractivity contribution is -0.139. The van der Waals surface area contributed by atoms with E-state index in [-0.39, 0.29) is 12.4 Å². The summed E-state index contributed by atoms with van der Waals surface area (Å²) in [6.45, 7) is 7.27. The average molecular weight is 355 g/mol. The van der Waals surface area contributed by atoms with Crippen LogP contribution in [0.15, 0.2) is 0 Å². The van der Waals surface area contributed by atoms with Crippen LogP contribution in [0.5, 0.6) is 5.75 Å². The molecular formula is C16H19BrO4. The minimum atomic E-state index is -1.01. The molecule has 4 nitrogen and oxygen atoms in total. The fourth-order valence-electron chi connectivity index (χ4n) is 2.94. The van der Waals surface area contributed by atoms with E-state index in [1.54, 1.807) is 0 Å². The minimum absolute atomic E-state index is 0.119. The molecule has 0 aromatic heterocycles. The number of rotatable bonds is 4. The van der Waals surface area contributed by atoms with Crippen molar-refractivity contribution in [1.29, 1.82) is 0 Å². The molecule has 0 amide bonds. The third kappa shape index (κ3) is 2.48. The topological polar surface area (TPSA) is 63.6 Å². The lowest BCUT2D eigenvalue weighted by Crippen LogP contribution is -2.27. The minimum Gasteiger partial charge on any atom is -0.481 e. The number of carbonyl (C=O) groups is 2. The molecule has 1 atom stereocenters. The van der Waals surface area contributed by atoms with Crippen LogP contribution in [-0.2, 0) is 11.2 Å². The molecule has 0 fully saturated rings. The van der Waals surface area contributed by atoms with Gasteiger partial charge in [-0.1, -0.05) is 22.9 Å². The quantitative estimate of drug-likeness (QED) is 0.842. The number of carboxylic acids is 1. The first-order valence-corrected chi connectivity index (χ1v) is 7.73. The summed E-state index contributed by atoms with van der Waals surface area (Å²) >= 11 is 3.59. The van der Waals surface area contributed by atoms with E-state index in [1.807, 2.05) is 27.7 Å². The number of carbonyl (C=O) groups excluding carboxylic acids is 1. The number of hydrogen-bond donors (Lipinski definition) is 1. The standard InChI is InChI=1S/C16H19BrO4/c1-5-16(17)6-11-10(4)14(21-7-12(18)19)9(3)8(2)13(11)15(16)20/h5-7H2,1-4H3,(H,18,19). The van der Waals surface area contributed by atoms with Crippen molar-refractivity contribution in [2.45, 2.75) is 44.9 Å². The molecule has 1 N–H and O–H groups in total. The molecule has 0 radical (unpaired) electrons. The maximum atomic E-state index is 12.7. The van der Waals surface area contributed by atoms with Gasteiger partial charge in [0, 0.05) is 5.56 Å². The summed E-state index contributed by atoms with van der Waals surface area (Å²) in [5, 5.41) is 8.80. The third-order valence-corrected chi connectivity index (χ3v) is 5.57. The second kappa shape index (κ2) is 5.44. The second-order valence-corrected chi connectivity index (χ2v) is 7.08. The van der Waals surface area contributed by atoms with Gasteiger partial charge in [-0.2, -0.15) is 0 Å². The molecule has 1 aliphatic carbocycles. The van der Waals surface area contributed by atoms with Gasteiger partial charge in [0.25, 0.3) is 0 Å². The molecule has 0 saturated carbocycles. The highest BCUT2D eigenvalue weighted by atomic mass is 79.9. The van der Waals surface area contributed by atoms with Crippen molar-refractivity contribution in [3.8, 4) is 5.75 Å². The van der Waals surface area contributed by atoms with Gasteiger partial charge in [0.15, 0.2) is 12.4 Å². The number of ether oxygens (including phenoxy) is 1. The molecule has 0 aliphatic heterocycles. The van der Waals surface area contributed by atoms with Crippen LogP contribution in [0.2, 0.25) is 0 Å². The summed E-state index contributed by atoms with van der Waals surface area (Å²) in [6, 6.07) is 0. The zero-order chi connectivity index (χ0) is 15.9. The van der Waals surface area contributed by atoms with E-state index in [0.29, 0.717) is 18.6 Å². The number of aliphatic carboxylic acids is 1. The van der Waals surface area contributed by atoms with Crippen LogP contribution in [0, 0.1) is 20.8 Å². The average Bonchev–Trinajstić information content (AvgIpc) is 2.70. The molecule has 0 spiro atoms. The molecular weight excluding hydrogens is 336 g/mol. The number of Topliss-reactive ketones (excluding diaryl/α,β-unsaturated/α-hetero) is 1. The molecule has 0 saturated heterocycles. The Kier molecular flexibility index (Phi) is 4.15. The number of ketones is 1. The molecule has 1 aromatic carbocycles. The van der Waals surface area contributed by atoms with Crippen molar-refractivity contribution < 1.29 is 19.4 Å². The summed E-state index contributed by atoms with van der Waals surface area (Å²) in [5.74, 6) is -0.297. The maximum Gasteiger partial charge on any atom is 0.341 e. The largest absolute Gasteiger partial charge is 0.481 e. The van der Waals surface area contributed by atoms with E-state index in [0.717, 1.165) is 27.8 Å².